The number of unbranched alkanes of at least 4 members (excludes halogenated alkanes) is 56. The van der Waals surface area contributed by atoms with Crippen molar-refractivity contribution >= 4 is 11.9 Å². The van der Waals surface area contributed by atoms with E-state index in [2.05, 4.69) is 31.3 Å². The highest BCUT2D eigenvalue weighted by Crippen LogP contribution is 2.19. The molecule has 2 unspecified atom stereocenters. The molecule has 0 bridgehead atoms. The highest BCUT2D eigenvalue weighted by Gasteiger charge is 2.20. The molecule has 0 aliphatic heterocycles. The molecule has 3 N–H and O–H groups in total. The van der Waals surface area contributed by atoms with Crippen LogP contribution in [-0.4, -0.2) is 47.4 Å². The molecule has 470 valence electrons. The van der Waals surface area contributed by atoms with Crippen LogP contribution in [0.2, 0.25) is 0 Å². The molecule has 79 heavy (non-hydrogen) atoms. The van der Waals surface area contributed by atoms with Gasteiger partial charge in [-0.3, -0.25) is 9.59 Å². The van der Waals surface area contributed by atoms with Crippen LogP contribution in [0.3, 0.4) is 0 Å². The van der Waals surface area contributed by atoms with Crippen molar-refractivity contribution in [3.05, 3.63) is 12.2 Å². The first-order valence-corrected chi connectivity index (χ1v) is 36.4. The Labute approximate surface area is 495 Å². The van der Waals surface area contributed by atoms with Crippen molar-refractivity contribution in [2.75, 3.05) is 13.2 Å². The quantitative estimate of drug-likeness (QED) is 0.0320. The van der Waals surface area contributed by atoms with Gasteiger partial charge in [0, 0.05) is 12.8 Å². The normalized spacial score (nSPS) is 12.5. The zero-order valence-corrected chi connectivity index (χ0v) is 53.9. The van der Waals surface area contributed by atoms with E-state index in [0.29, 0.717) is 25.9 Å². The van der Waals surface area contributed by atoms with E-state index in [-0.39, 0.29) is 18.5 Å². The van der Waals surface area contributed by atoms with E-state index < -0.39 is 12.1 Å². The lowest BCUT2D eigenvalue weighted by atomic mass is 10.0. The number of amides is 1. The molecular weight excluding hydrogens is 971 g/mol. The summed E-state index contributed by atoms with van der Waals surface area (Å²) in [5.41, 5.74) is 0. The lowest BCUT2D eigenvalue weighted by molar-refractivity contribution is -0.143. The van der Waals surface area contributed by atoms with E-state index in [4.69, 9.17) is 4.74 Å². The molecule has 0 heterocycles. The minimum atomic E-state index is -0.663. The van der Waals surface area contributed by atoms with Crippen LogP contribution >= 0.6 is 0 Å². The highest BCUT2D eigenvalue weighted by atomic mass is 16.5. The second-order valence-corrected chi connectivity index (χ2v) is 25.3. The van der Waals surface area contributed by atoms with Gasteiger partial charge < -0.3 is 20.3 Å². The Balaban J connectivity index is 3.35. The summed E-state index contributed by atoms with van der Waals surface area (Å²) >= 11 is 0. The Bertz CT molecular complexity index is 1190. The molecule has 1 amide bonds. The standard InChI is InChI=1S/C73H143NO5/c1-3-5-7-9-11-13-15-17-19-21-22-31-34-37-41-45-49-53-57-61-65-71(76)70(69-75)74-72(77)66-62-58-54-50-46-42-38-35-32-29-27-25-23-24-26-28-30-33-36-40-44-48-52-56-60-64-68-79-73(78)67-63-59-55-51-47-43-39-20-18-16-14-12-10-8-6-4-2/h20,39,70-71,75-76H,3-19,21-38,40-69H2,1-2H3,(H,74,77)/b39-20-. The predicted octanol–water partition coefficient (Wildman–Crippen LogP) is 23.5. The molecule has 0 aromatic carbocycles. The van der Waals surface area contributed by atoms with Gasteiger partial charge in [-0.05, 0) is 51.4 Å². The molecule has 0 spiro atoms. The fraction of sp³-hybridized carbons (Fsp3) is 0.945. The third kappa shape index (κ3) is 65.6. The maximum Gasteiger partial charge on any atom is 0.305 e. The van der Waals surface area contributed by atoms with Crippen molar-refractivity contribution < 1.29 is 24.5 Å². The SMILES string of the molecule is CCCCCCCCC/C=C\CCCCCCCC(=O)OCCCCCCCCCCCCCCCCCCCCCCCCCCCCC(=O)NC(CO)C(O)CCCCCCCCCCCCCCCCCCCCCC. The monoisotopic (exact) mass is 1110 g/mol. The van der Waals surface area contributed by atoms with Crippen LogP contribution in [0.1, 0.15) is 418 Å². The summed E-state index contributed by atoms with van der Waals surface area (Å²) in [6.45, 7) is 4.99. The van der Waals surface area contributed by atoms with Gasteiger partial charge in [0.05, 0.1) is 25.4 Å². The van der Waals surface area contributed by atoms with E-state index in [1.165, 1.54) is 340 Å². The Morgan fingerprint density at radius 2 is 0.595 bits per heavy atom. The van der Waals surface area contributed by atoms with Crippen LogP contribution in [0, 0.1) is 0 Å². The Hall–Kier alpha value is -1.40. The first-order valence-electron chi connectivity index (χ1n) is 36.4. The Morgan fingerprint density at radius 1 is 0.342 bits per heavy atom. The first-order chi connectivity index (χ1) is 39.0. The van der Waals surface area contributed by atoms with Crippen molar-refractivity contribution in [3.8, 4) is 0 Å². The number of esters is 1. The molecular formula is C73H143NO5. The van der Waals surface area contributed by atoms with Crippen LogP contribution < -0.4 is 5.32 Å². The topological polar surface area (TPSA) is 95.9 Å². The van der Waals surface area contributed by atoms with Crippen LogP contribution in [0.5, 0.6) is 0 Å². The molecule has 0 saturated carbocycles. The molecule has 0 aromatic rings. The van der Waals surface area contributed by atoms with Crippen molar-refractivity contribution in [1.29, 1.82) is 0 Å². The van der Waals surface area contributed by atoms with E-state index in [1.807, 2.05) is 0 Å². The van der Waals surface area contributed by atoms with Gasteiger partial charge in [-0.1, -0.05) is 366 Å². The highest BCUT2D eigenvalue weighted by molar-refractivity contribution is 5.76. The van der Waals surface area contributed by atoms with Gasteiger partial charge in [-0.25, -0.2) is 0 Å². The second-order valence-electron chi connectivity index (χ2n) is 25.3. The third-order valence-electron chi connectivity index (χ3n) is 17.3. The third-order valence-corrected chi connectivity index (χ3v) is 17.3. The molecule has 0 fully saturated rings. The lowest BCUT2D eigenvalue weighted by Crippen LogP contribution is -2.45. The number of allylic oxidation sites excluding steroid dienone is 2. The van der Waals surface area contributed by atoms with Gasteiger partial charge in [0.1, 0.15) is 0 Å². The smallest absolute Gasteiger partial charge is 0.305 e. The number of hydrogen-bond acceptors (Lipinski definition) is 5. The molecule has 6 heteroatoms. The van der Waals surface area contributed by atoms with E-state index >= 15 is 0 Å². The van der Waals surface area contributed by atoms with Gasteiger partial charge in [0.2, 0.25) is 5.91 Å². The molecule has 2 atom stereocenters. The molecule has 0 aliphatic carbocycles. The first kappa shape index (κ1) is 77.6. The van der Waals surface area contributed by atoms with Gasteiger partial charge in [0.15, 0.2) is 0 Å². The molecule has 6 nitrogen and oxygen atoms in total. The van der Waals surface area contributed by atoms with Gasteiger partial charge in [-0.15, -0.1) is 0 Å². The van der Waals surface area contributed by atoms with Crippen LogP contribution in [0.25, 0.3) is 0 Å². The fourth-order valence-corrected chi connectivity index (χ4v) is 11.8. The largest absolute Gasteiger partial charge is 0.466 e. The predicted molar refractivity (Wildman–Crippen MR) is 347 cm³/mol. The van der Waals surface area contributed by atoms with E-state index in [1.54, 1.807) is 0 Å². The second kappa shape index (κ2) is 69.1. The fourth-order valence-electron chi connectivity index (χ4n) is 11.8. The average Bonchev–Trinajstić information content (AvgIpc) is 3.45. The summed E-state index contributed by atoms with van der Waals surface area (Å²) in [4.78, 5) is 24.6. The van der Waals surface area contributed by atoms with Gasteiger partial charge >= 0.3 is 5.97 Å². The summed E-state index contributed by atoms with van der Waals surface area (Å²) in [6.07, 6.45) is 85.5. The number of ether oxygens (including phenoxy) is 1. The summed E-state index contributed by atoms with van der Waals surface area (Å²) in [6, 6.07) is -0.540. The zero-order valence-electron chi connectivity index (χ0n) is 53.9. The average molecular weight is 1110 g/mol. The molecule has 0 rings (SSSR count). The number of hydrogen-bond donors (Lipinski definition) is 3. The van der Waals surface area contributed by atoms with E-state index in [9.17, 15) is 19.8 Å². The van der Waals surface area contributed by atoms with Crippen LogP contribution in [-0.2, 0) is 14.3 Å². The molecule has 0 saturated heterocycles. The maximum atomic E-state index is 12.5. The molecule has 0 radical (unpaired) electrons. The Kier molecular flexibility index (Phi) is 67.9. The zero-order chi connectivity index (χ0) is 57.1. The minimum absolute atomic E-state index is 0.0111. The summed E-state index contributed by atoms with van der Waals surface area (Å²) in [7, 11) is 0. The summed E-state index contributed by atoms with van der Waals surface area (Å²) in [5, 5.41) is 23.4. The molecule has 0 aliphatic rings. The number of nitrogens with one attached hydrogen (secondary N) is 1. The number of carbonyl (C=O) groups excluding carboxylic acids is 2. The lowest BCUT2D eigenvalue weighted by Gasteiger charge is -2.22. The number of aliphatic hydroxyl groups excluding tert-OH is 2. The Morgan fingerprint density at radius 3 is 0.899 bits per heavy atom. The molecule has 0 aromatic heterocycles. The van der Waals surface area contributed by atoms with Gasteiger partial charge in [0.25, 0.3) is 0 Å². The summed E-state index contributed by atoms with van der Waals surface area (Å²) in [5.74, 6) is -0.0167. The van der Waals surface area contributed by atoms with Crippen molar-refractivity contribution in [3.63, 3.8) is 0 Å². The maximum absolute atomic E-state index is 12.5. The van der Waals surface area contributed by atoms with Crippen LogP contribution in [0.15, 0.2) is 12.2 Å². The number of carbonyl (C=O) groups is 2. The van der Waals surface area contributed by atoms with Crippen LogP contribution in [0.4, 0.5) is 0 Å². The summed E-state index contributed by atoms with van der Waals surface area (Å²) < 4.78 is 5.50. The minimum Gasteiger partial charge on any atom is -0.466 e. The van der Waals surface area contributed by atoms with Crippen molar-refractivity contribution in [1.82, 2.24) is 5.32 Å². The van der Waals surface area contributed by atoms with E-state index in [0.717, 1.165) is 44.9 Å². The number of rotatable bonds is 69. The van der Waals surface area contributed by atoms with Crippen molar-refractivity contribution in [2.24, 2.45) is 0 Å². The van der Waals surface area contributed by atoms with Crippen molar-refractivity contribution in [2.45, 2.75) is 431 Å². The van der Waals surface area contributed by atoms with Gasteiger partial charge in [-0.2, -0.15) is 0 Å². The number of aliphatic hydroxyl groups is 2.